The molecule has 5 nitrogen and oxygen atoms in total. The van der Waals surface area contributed by atoms with Gasteiger partial charge in [-0.2, -0.15) is 0 Å². The van der Waals surface area contributed by atoms with Crippen molar-refractivity contribution in [1.29, 1.82) is 0 Å². The Morgan fingerprint density at radius 2 is 2.09 bits per heavy atom. The largest absolute Gasteiger partial charge is 0.481 e. The minimum Gasteiger partial charge on any atom is -0.481 e. The van der Waals surface area contributed by atoms with Gasteiger partial charge in [-0.25, -0.2) is 13.1 Å². The van der Waals surface area contributed by atoms with Gasteiger partial charge in [0.15, 0.2) is 0 Å². The van der Waals surface area contributed by atoms with Crippen molar-refractivity contribution in [3.63, 3.8) is 0 Å². The zero-order chi connectivity index (χ0) is 8.91. The molecule has 0 aromatic heterocycles. The number of sulfonamides is 1. The summed E-state index contributed by atoms with van der Waals surface area (Å²) in [7, 11) is -3.31. The first-order chi connectivity index (χ1) is 4.98. The van der Waals surface area contributed by atoms with E-state index in [0.29, 0.717) is 0 Å². The molecule has 0 aliphatic rings. The van der Waals surface area contributed by atoms with Gasteiger partial charge in [-0.1, -0.05) is 15.9 Å². The van der Waals surface area contributed by atoms with Gasteiger partial charge in [-0.15, -0.1) is 0 Å². The Bertz CT molecular complexity index is 224. The van der Waals surface area contributed by atoms with Crippen molar-refractivity contribution in [2.75, 3.05) is 11.2 Å². The topological polar surface area (TPSA) is 83.5 Å². The molecule has 66 valence electrons. The Labute approximate surface area is 73.0 Å². The zero-order valence-corrected chi connectivity index (χ0v) is 7.98. The molecule has 0 unspecified atom stereocenters. The fourth-order valence-electron chi connectivity index (χ4n) is 0.352. The third kappa shape index (κ3) is 6.27. The fraction of sp³-hybridized carbons (Fsp3) is 0.750. The maximum absolute atomic E-state index is 10.6. The summed E-state index contributed by atoms with van der Waals surface area (Å²) < 4.78 is 23.1. The number of alkyl halides is 1. The molecule has 0 fully saturated rings. The van der Waals surface area contributed by atoms with Crippen LogP contribution in [0.1, 0.15) is 6.42 Å². The second-order valence-corrected chi connectivity index (χ2v) is 4.87. The Balaban J connectivity index is 3.63. The van der Waals surface area contributed by atoms with E-state index in [2.05, 4.69) is 20.7 Å². The SMILES string of the molecule is O=C(O)CCNS(=O)(=O)CBr. The quantitative estimate of drug-likeness (QED) is 0.654. The van der Waals surface area contributed by atoms with E-state index in [4.69, 9.17) is 5.11 Å². The number of nitrogens with one attached hydrogen (secondary N) is 1. The molecular weight excluding hydrogens is 238 g/mol. The monoisotopic (exact) mass is 245 g/mol. The molecule has 0 aromatic carbocycles. The molecule has 0 aliphatic heterocycles. The highest BCUT2D eigenvalue weighted by Gasteiger charge is 2.06. The number of carboxylic acids is 1. The summed E-state index contributed by atoms with van der Waals surface area (Å²) in [6, 6.07) is 0. The third-order valence-electron chi connectivity index (χ3n) is 0.804. The number of carbonyl (C=O) groups is 1. The van der Waals surface area contributed by atoms with Crippen molar-refractivity contribution in [3.05, 3.63) is 0 Å². The summed E-state index contributed by atoms with van der Waals surface area (Å²) in [5.41, 5.74) is 0. The predicted molar refractivity (Wildman–Crippen MR) is 43.0 cm³/mol. The van der Waals surface area contributed by atoms with Gasteiger partial charge in [0.2, 0.25) is 10.0 Å². The minimum atomic E-state index is -3.31. The van der Waals surface area contributed by atoms with E-state index in [0.717, 1.165) is 0 Å². The lowest BCUT2D eigenvalue weighted by Crippen LogP contribution is -2.26. The van der Waals surface area contributed by atoms with E-state index in [1.165, 1.54) is 0 Å². The standard InChI is InChI=1S/C4H8BrNO4S/c5-3-11(9,10)6-2-1-4(7)8/h6H,1-3H2,(H,7,8). The highest BCUT2D eigenvalue weighted by atomic mass is 79.9. The van der Waals surface area contributed by atoms with Crippen molar-refractivity contribution in [2.45, 2.75) is 6.42 Å². The summed E-state index contributed by atoms with van der Waals surface area (Å²) >= 11 is 2.74. The highest BCUT2D eigenvalue weighted by molar-refractivity contribution is 9.10. The summed E-state index contributed by atoms with van der Waals surface area (Å²) in [6.45, 7) is -0.0662. The molecule has 0 spiro atoms. The molecule has 0 saturated heterocycles. The van der Waals surface area contributed by atoms with Crippen LogP contribution in [-0.2, 0) is 14.8 Å². The van der Waals surface area contributed by atoms with Gasteiger partial charge in [-0.3, -0.25) is 4.79 Å². The smallest absolute Gasteiger partial charge is 0.304 e. The first-order valence-electron chi connectivity index (χ1n) is 2.73. The van der Waals surface area contributed by atoms with Crippen molar-refractivity contribution in [1.82, 2.24) is 4.72 Å². The Kier molecular flexibility index (Phi) is 4.62. The van der Waals surface area contributed by atoms with Gasteiger partial charge in [-0.05, 0) is 0 Å². The molecule has 0 saturated carbocycles. The van der Waals surface area contributed by atoms with E-state index in [1.807, 2.05) is 0 Å². The summed E-state index contributed by atoms with van der Waals surface area (Å²) in [6.07, 6.45) is -0.202. The van der Waals surface area contributed by atoms with Gasteiger partial charge < -0.3 is 5.11 Å². The maximum atomic E-state index is 10.6. The van der Waals surface area contributed by atoms with Crippen LogP contribution in [0.4, 0.5) is 0 Å². The van der Waals surface area contributed by atoms with Gasteiger partial charge in [0.25, 0.3) is 0 Å². The molecule has 0 radical (unpaired) electrons. The third-order valence-corrected chi connectivity index (χ3v) is 3.54. The molecule has 0 heterocycles. The Hall–Kier alpha value is -0.140. The number of aliphatic carboxylic acids is 1. The summed E-state index contributed by atoms with van der Waals surface area (Å²) in [5.74, 6) is -1.03. The lowest BCUT2D eigenvalue weighted by molar-refractivity contribution is -0.136. The molecule has 0 amide bonds. The molecule has 0 atom stereocenters. The average molecular weight is 246 g/mol. The first-order valence-corrected chi connectivity index (χ1v) is 5.50. The van der Waals surface area contributed by atoms with Crippen LogP contribution in [-0.4, -0.2) is 30.7 Å². The van der Waals surface area contributed by atoms with Crippen LogP contribution >= 0.6 is 15.9 Å². The van der Waals surface area contributed by atoms with E-state index >= 15 is 0 Å². The molecule has 2 N–H and O–H groups in total. The molecular formula is C4H8BrNO4S. The van der Waals surface area contributed by atoms with E-state index in [1.54, 1.807) is 0 Å². The number of rotatable bonds is 5. The maximum Gasteiger partial charge on any atom is 0.304 e. The van der Waals surface area contributed by atoms with Crippen LogP contribution in [0.15, 0.2) is 0 Å². The number of hydrogen-bond donors (Lipinski definition) is 2. The van der Waals surface area contributed by atoms with Crippen molar-refractivity contribution >= 4 is 31.9 Å². The minimum absolute atomic E-state index is 0.0662. The second-order valence-electron chi connectivity index (χ2n) is 1.76. The van der Waals surface area contributed by atoms with E-state index in [-0.39, 0.29) is 17.6 Å². The normalized spacial score (nSPS) is 11.4. The van der Waals surface area contributed by atoms with Crippen LogP contribution in [0, 0.1) is 0 Å². The molecule has 7 heteroatoms. The molecule has 0 rings (SSSR count). The molecule has 11 heavy (non-hydrogen) atoms. The zero-order valence-electron chi connectivity index (χ0n) is 5.58. The average Bonchev–Trinajstić information content (AvgIpc) is 1.87. The Morgan fingerprint density at radius 3 is 2.45 bits per heavy atom. The molecule has 0 bridgehead atoms. The summed E-state index contributed by atoms with van der Waals surface area (Å²) in [5, 5.41) is 8.14. The Morgan fingerprint density at radius 1 is 1.55 bits per heavy atom. The van der Waals surface area contributed by atoms with Gasteiger partial charge >= 0.3 is 5.97 Å². The van der Waals surface area contributed by atoms with Crippen LogP contribution in [0.25, 0.3) is 0 Å². The number of hydrogen-bond acceptors (Lipinski definition) is 3. The van der Waals surface area contributed by atoms with Gasteiger partial charge in [0, 0.05) is 6.54 Å². The van der Waals surface area contributed by atoms with Gasteiger partial charge in [0.05, 0.1) is 6.42 Å². The number of halogens is 1. The number of carboxylic acid groups (broad SMARTS) is 1. The molecule has 0 aliphatic carbocycles. The van der Waals surface area contributed by atoms with Crippen LogP contribution in [0.2, 0.25) is 0 Å². The first kappa shape index (κ1) is 10.9. The van der Waals surface area contributed by atoms with Crippen molar-refractivity contribution in [2.24, 2.45) is 0 Å². The lowest BCUT2D eigenvalue weighted by atomic mass is 10.5. The molecule has 0 aromatic rings. The fourth-order valence-corrected chi connectivity index (χ4v) is 1.33. The van der Waals surface area contributed by atoms with Crippen LogP contribution < -0.4 is 4.72 Å². The van der Waals surface area contributed by atoms with Crippen LogP contribution in [0.3, 0.4) is 0 Å². The van der Waals surface area contributed by atoms with E-state index in [9.17, 15) is 13.2 Å². The second kappa shape index (κ2) is 4.68. The lowest BCUT2D eigenvalue weighted by Gasteiger charge is -1.99. The highest BCUT2D eigenvalue weighted by Crippen LogP contribution is 1.90. The van der Waals surface area contributed by atoms with Crippen LogP contribution in [0.5, 0.6) is 0 Å². The van der Waals surface area contributed by atoms with E-state index < -0.39 is 16.0 Å². The predicted octanol–water partition coefficient (Wildman–Crippen LogP) is -0.267. The van der Waals surface area contributed by atoms with Gasteiger partial charge in [0.1, 0.15) is 4.66 Å². The van der Waals surface area contributed by atoms with Crippen molar-refractivity contribution in [3.8, 4) is 0 Å². The summed E-state index contributed by atoms with van der Waals surface area (Å²) in [4.78, 5) is 9.93. The van der Waals surface area contributed by atoms with Crippen molar-refractivity contribution < 1.29 is 18.3 Å².